The predicted octanol–water partition coefficient (Wildman–Crippen LogP) is 0.660. The fraction of sp³-hybridized carbons (Fsp3) is 0.200. The van der Waals surface area contributed by atoms with Gasteiger partial charge in [-0.1, -0.05) is 24.1 Å². The highest BCUT2D eigenvalue weighted by atomic mass is 16.3. The standard InChI is InChI=1S/C10H11NO/c1-2-8-5-3-4-6-9(8)10(12)7-11/h1,3-6,10,12H,7,11H2/t10-/m0/s1. The molecule has 2 heteroatoms. The Balaban J connectivity index is 3.07. The van der Waals surface area contributed by atoms with E-state index in [4.69, 9.17) is 12.2 Å². The van der Waals surface area contributed by atoms with E-state index in [-0.39, 0.29) is 6.54 Å². The van der Waals surface area contributed by atoms with Crippen LogP contribution in [0.3, 0.4) is 0 Å². The van der Waals surface area contributed by atoms with Crippen molar-refractivity contribution in [1.29, 1.82) is 0 Å². The fourth-order valence-corrected chi connectivity index (χ4v) is 1.05. The first-order valence-corrected chi connectivity index (χ1v) is 3.73. The molecule has 0 unspecified atom stereocenters. The number of rotatable bonds is 2. The summed E-state index contributed by atoms with van der Waals surface area (Å²) in [6, 6.07) is 7.23. The Morgan fingerprint density at radius 3 is 2.75 bits per heavy atom. The molecule has 0 saturated carbocycles. The van der Waals surface area contributed by atoms with E-state index in [2.05, 4.69) is 5.92 Å². The van der Waals surface area contributed by atoms with Gasteiger partial charge in [-0.25, -0.2) is 0 Å². The molecule has 1 aromatic rings. The third-order valence-corrected chi connectivity index (χ3v) is 1.70. The van der Waals surface area contributed by atoms with Crippen LogP contribution >= 0.6 is 0 Å². The minimum Gasteiger partial charge on any atom is -0.387 e. The predicted molar refractivity (Wildman–Crippen MR) is 48.4 cm³/mol. The lowest BCUT2D eigenvalue weighted by molar-refractivity contribution is 0.186. The molecule has 0 saturated heterocycles. The Labute approximate surface area is 72.0 Å². The maximum atomic E-state index is 9.42. The summed E-state index contributed by atoms with van der Waals surface area (Å²) < 4.78 is 0. The molecule has 62 valence electrons. The summed E-state index contributed by atoms with van der Waals surface area (Å²) in [5.41, 5.74) is 6.74. The van der Waals surface area contributed by atoms with Gasteiger partial charge >= 0.3 is 0 Å². The Kier molecular flexibility index (Phi) is 2.87. The number of hydrogen-bond acceptors (Lipinski definition) is 2. The van der Waals surface area contributed by atoms with Crippen LogP contribution in [0.2, 0.25) is 0 Å². The largest absolute Gasteiger partial charge is 0.387 e. The van der Waals surface area contributed by atoms with Gasteiger partial charge in [0.1, 0.15) is 0 Å². The summed E-state index contributed by atoms with van der Waals surface area (Å²) in [5.74, 6) is 2.50. The van der Waals surface area contributed by atoms with Crippen LogP contribution in [0, 0.1) is 12.3 Å². The van der Waals surface area contributed by atoms with Crippen LogP contribution in [0.4, 0.5) is 0 Å². The summed E-state index contributed by atoms with van der Waals surface area (Å²) in [4.78, 5) is 0. The average molecular weight is 161 g/mol. The van der Waals surface area contributed by atoms with E-state index < -0.39 is 6.10 Å². The van der Waals surface area contributed by atoms with Crippen molar-refractivity contribution >= 4 is 0 Å². The molecule has 12 heavy (non-hydrogen) atoms. The first kappa shape index (κ1) is 8.79. The quantitative estimate of drug-likeness (QED) is 0.626. The first-order chi connectivity index (χ1) is 5.79. The first-order valence-electron chi connectivity index (χ1n) is 3.73. The van der Waals surface area contributed by atoms with Gasteiger partial charge in [-0.05, 0) is 11.6 Å². The minimum absolute atomic E-state index is 0.193. The molecule has 0 aliphatic heterocycles. The molecule has 2 nitrogen and oxygen atoms in total. The normalized spacial score (nSPS) is 12.1. The molecule has 0 amide bonds. The maximum Gasteiger partial charge on any atom is 0.0924 e. The van der Waals surface area contributed by atoms with Crippen molar-refractivity contribution < 1.29 is 5.11 Å². The van der Waals surface area contributed by atoms with E-state index in [1.165, 1.54) is 0 Å². The van der Waals surface area contributed by atoms with E-state index in [1.54, 1.807) is 12.1 Å². The highest BCUT2D eigenvalue weighted by Crippen LogP contribution is 2.15. The summed E-state index contributed by atoms with van der Waals surface area (Å²) in [7, 11) is 0. The third kappa shape index (κ3) is 1.65. The van der Waals surface area contributed by atoms with Gasteiger partial charge in [0.2, 0.25) is 0 Å². The number of aliphatic hydroxyl groups excluding tert-OH is 1. The van der Waals surface area contributed by atoms with E-state index in [0.29, 0.717) is 5.56 Å². The van der Waals surface area contributed by atoms with Crippen LogP contribution in [0.25, 0.3) is 0 Å². The SMILES string of the molecule is C#Cc1ccccc1[C@@H](O)CN. The van der Waals surface area contributed by atoms with Crippen LogP contribution in [0.1, 0.15) is 17.2 Å². The van der Waals surface area contributed by atoms with Crippen LogP contribution < -0.4 is 5.73 Å². The highest BCUT2D eigenvalue weighted by molar-refractivity contribution is 5.40. The number of aliphatic hydroxyl groups is 1. The van der Waals surface area contributed by atoms with Crippen molar-refractivity contribution in [1.82, 2.24) is 0 Å². The van der Waals surface area contributed by atoms with Crippen molar-refractivity contribution in [2.45, 2.75) is 6.10 Å². The fourth-order valence-electron chi connectivity index (χ4n) is 1.05. The zero-order chi connectivity index (χ0) is 8.97. The maximum absolute atomic E-state index is 9.42. The van der Waals surface area contributed by atoms with Crippen molar-refractivity contribution in [2.75, 3.05) is 6.54 Å². The van der Waals surface area contributed by atoms with Gasteiger partial charge in [-0.15, -0.1) is 6.42 Å². The van der Waals surface area contributed by atoms with Crippen molar-refractivity contribution in [3.05, 3.63) is 35.4 Å². The van der Waals surface area contributed by atoms with Crippen LogP contribution in [0.15, 0.2) is 24.3 Å². The van der Waals surface area contributed by atoms with Gasteiger partial charge in [-0.2, -0.15) is 0 Å². The molecule has 0 aromatic heterocycles. The van der Waals surface area contributed by atoms with E-state index >= 15 is 0 Å². The highest BCUT2D eigenvalue weighted by Gasteiger charge is 2.07. The van der Waals surface area contributed by atoms with Gasteiger partial charge in [0.15, 0.2) is 0 Å². The van der Waals surface area contributed by atoms with Crippen LogP contribution in [-0.4, -0.2) is 11.7 Å². The zero-order valence-corrected chi connectivity index (χ0v) is 6.70. The Morgan fingerprint density at radius 1 is 1.50 bits per heavy atom. The molecule has 0 radical (unpaired) electrons. The molecule has 0 bridgehead atoms. The molecule has 0 aliphatic rings. The van der Waals surface area contributed by atoms with E-state index in [0.717, 1.165) is 5.56 Å². The molecular formula is C10H11NO. The molecule has 0 spiro atoms. The second kappa shape index (κ2) is 3.91. The molecule has 1 atom stereocenters. The van der Waals surface area contributed by atoms with Crippen molar-refractivity contribution in [2.24, 2.45) is 5.73 Å². The Bertz CT molecular complexity index is 301. The molecule has 1 aromatic carbocycles. The lowest BCUT2D eigenvalue weighted by Crippen LogP contribution is -2.12. The molecule has 1 rings (SSSR count). The van der Waals surface area contributed by atoms with Gasteiger partial charge in [0.25, 0.3) is 0 Å². The summed E-state index contributed by atoms with van der Waals surface area (Å²) in [6.45, 7) is 0.193. The monoisotopic (exact) mass is 161 g/mol. The number of nitrogens with two attached hydrogens (primary N) is 1. The second-order valence-corrected chi connectivity index (χ2v) is 2.48. The second-order valence-electron chi connectivity index (χ2n) is 2.48. The number of benzene rings is 1. The van der Waals surface area contributed by atoms with Crippen molar-refractivity contribution in [3.8, 4) is 12.3 Å². The summed E-state index contributed by atoms with van der Waals surface area (Å²) >= 11 is 0. The molecule has 3 N–H and O–H groups in total. The Morgan fingerprint density at radius 2 is 2.17 bits per heavy atom. The summed E-state index contributed by atoms with van der Waals surface area (Å²) in [6.07, 6.45) is 4.59. The smallest absolute Gasteiger partial charge is 0.0924 e. The third-order valence-electron chi connectivity index (χ3n) is 1.70. The van der Waals surface area contributed by atoms with E-state index in [1.807, 2.05) is 12.1 Å². The minimum atomic E-state index is -0.655. The number of terminal acetylenes is 1. The average Bonchev–Trinajstić information content (AvgIpc) is 2.16. The van der Waals surface area contributed by atoms with Gasteiger partial charge in [0.05, 0.1) is 6.10 Å². The molecule has 0 heterocycles. The lowest BCUT2D eigenvalue weighted by Gasteiger charge is -2.09. The topological polar surface area (TPSA) is 46.2 Å². The Hall–Kier alpha value is -1.30. The van der Waals surface area contributed by atoms with Gasteiger partial charge in [-0.3, -0.25) is 0 Å². The van der Waals surface area contributed by atoms with Crippen molar-refractivity contribution in [3.63, 3.8) is 0 Å². The molecule has 0 aliphatic carbocycles. The van der Waals surface area contributed by atoms with Gasteiger partial charge in [0, 0.05) is 12.1 Å². The van der Waals surface area contributed by atoms with E-state index in [9.17, 15) is 5.11 Å². The molecule has 0 fully saturated rings. The summed E-state index contributed by atoms with van der Waals surface area (Å²) in [5, 5.41) is 9.42. The van der Waals surface area contributed by atoms with Crippen LogP contribution in [0.5, 0.6) is 0 Å². The lowest BCUT2D eigenvalue weighted by atomic mass is 10.0. The zero-order valence-electron chi connectivity index (χ0n) is 6.70. The van der Waals surface area contributed by atoms with Crippen LogP contribution in [-0.2, 0) is 0 Å². The van der Waals surface area contributed by atoms with Gasteiger partial charge < -0.3 is 10.8 Å². The number of hydrogen-bond donors (Lipinski definition) is 2. The molecular weight excluding hydrogens is 150 g/mol.